The first-order valence-electron chi connectivity index (χ1n) is 9.26. The summed E-state index contributed by atoms with van der Waals surface area (Å²) in [7, 11) is 1.85. The number of carbonyl (C=O) groups excluding carboxylic acids is 1. The summed E-state index contributed by atoms with van der Waals surface area (Å²) in [5.41, 5.74) is 0.214. The molecule has 0 bridgehead atoms. The highest BCUT2D eigenvalue weighted by atomic mass is 127. The third-order valence-electron chi connectivity index (χ3n) is 5.58. The van der Waals surface area contributed by atoms with Crippen molar-refractivity contribution in [2.24, 2.45) is 4.99 Å². The normalized spacial score (nSPS) is 28.0. The summed E-state index contributed by atoms with van der Waals surface area (Å²) in [5, 5.41) is 3.64. The van der Waals surface area contributed by atoms with E-state index < -0.39 is 0 Å². The Morgan fingerprint density at radius 2 is 1.81 bits per heavy atom. The summed E-state index contributed by atoms with van der Waals surface area (Å²) < 4.78 is 5.54. The molecule has 0 saturated carbocycles. The highest BCUT2D eigenvalue weighted by molar-refractivity contribution is 14.0. The fourth-order valence-corrected chi connectivity index (χ4v) is 5.42. The number of halogens is 1. The highest BCUT2D eigenvalue weighted by Crippen LogP contribution is 2.33. The van der Waals surface area contributed by atoms with Gasteiger partial charge in [0, 0.05) is 71.1 Å². The van der Waals surface area contributed by atoms with Gasteiger partial charge < -0.3 is 19.9 Å². The molecule has 1 atom stereocenters. The molecule has 3 saturated heterocycles. The Kier molecular flexibility index (Phi) is 8.75. The molecule has 0 aliphatic carbocycles. The quantitative estimate of drug-likeness (QED) is 0.349. The van der Waals surface area contributed by atoms with E-state index >= 15 is 0 Å². The number of carbonyl (C=O) groups is 1. The van der Waals surface area contributed by atoms with Gasteiger partial charge in [-0.05, 0) is 12.2 Å². The molecule has 1 amide bonds. The molecule has 3 heterocycles. The van der Waals surface area contributed by atoms with Crippen molar-refractivity contribution in [1.82, 2.24) is 20.0 Å². The minimum absolute atomic E-state index is 0. The average Bonchev–Trinajstić information content (AvgIpc) is 3.13. The SMILES string of the molecule is CN=C(NCC1(N2CCOCC2)CCSC1)N1CCN(C(C)=O)CC1.I. The number of thioether (sulfide) groups is 1. The largest absolute Gasteiger partial charge is 0.379 e. The number of nitrogens with zero attached hydrogens (tertiary/aromatic N) is 4. The highest BCUT2D eigenvalue weighted by Gasteiger charge is 2.41. The molecule has 3 rings (SSSR count). The van der Waals surface area contributed by atoms with Gasteiger partial charge in [-0.3, -0.25) is 14.7 Å². The molecule has 0 aromatic rings. The predicted molar refractivity (Wildman–Crippen MR) is 118 cm³/mol. The first-order valence-corrected chi connectivity index (χ1v) is 10.4. The minimum Gasteiger partial charge on any atom is -0.379 e. The molecule has 9 heteroatoms. The van der Waals surface area contributed by atoms with Crippen LogP contribution >= 0.6 is 35.7 Å². The Bertz CT molecular complexity index is 488. The molecule has 3 fully saturated rings. The molecule has 1 N–H and O–H groups in total. The zero-order chi connectivity index (χ0) is 17.7. The van der Waals surface area contributed by atoms with Gasteiger partial charge in [-0.2, -0.15) is 11.8 Å². The maximum atomic E-state index is 11.5. The molecule has 7 nitrogen and oxygen atoms in total. The number of morpholine rings is 1. The van der Waals surface area contributed by atoms with Crippen molar-refractivity contribution in [2.45, 2.75) is 18.9 Å². The second kappa shape index (κ2) is 10.3. The van der Waals surface area contributed by atoms with Crippen LogP contribution in [0.25, 0.3) is 0 Å². The average molecular weight is 497 g/mol. The Balaban J connectivity index is 0.00000243. The Morgan fingerprint density at radius 3 is 2.35 bits per heavy atom. The van der Waals surface area contributed by atoms with Crippen molar-refractivity contribution in [2.75, 3.05) is 77.6 Å². The number of hydrogen-bond donors (Lipinski definition) is 1. The molecular weight excluding hydrogens is 465 g/mol. The Morgan fingerprint density at radius 1 is 1.15 bits per heavy atom. The van der Waals surface area contributed by atoms with Gasteiger partial charge in [0.05, 0.1) is 13.2 Å². The van der Waals surface area contributed by atoms with Crippen LogP contribution in [0, 0.1) is 0 Å². The van der Waals surface area contributed by atoms with Crippen molar-refractivity contribution < 1.29 is 9.53 Å². The Hall–Kier alpha value is -0.260. The standard InChI is InChI=1S/C17H31N5O2S.HI/c1-15(23)20-4-6-21(7-5-20)16(18-2)19-13-17(3-12-25-14-17)22-8-10-24-11-9-22;/h3-14H2,1-2H3,(H,18,19);1H. The predicted octanol–water partition coefficient (Wildman–Crippen LogP) is 0.552. The molecule has 150 valence electrons. The van der Waals surface area contributed by atoms with Crippen LogP contribution in [-0.4, -0.2) is 110 Å². The van der Waals surface area contributed by atoms with Crippen LogP contribution in [0.1, 0.15) is 13.3 Å². The van der Waals surface area contributed by atoms with Crippen molar-refractivity contribution in [3.8, 4) is 0 Å². The van der Waals surface area contributed by atoms with Crippen LogP contribution in [0.3, 0.4) is 0 Å². The van der Waals surface area contributed by atoms with Crippen molar-refractivity contribution in [3.63, 3.8) is 0 Å². The number of nitrogens with one attached hydrogen (secondary N) is 1. The van der Waals surface area contributed by atoms with Gasteiger partial charge in [0.1, 0.15) is 0 Å². The zero-order valence-corrected chi connectivity index (χ0v) is 19.1. The lowest BCUT2D eigenvalue weighted by Gasteiger charge is -2.44. The lowest BCUT2D eigenvalue weighted by atomic mass is 9.95. The van der Waals surface area contributed by atoms with Gasteiger partial charge in [-0.15, -0.1) is 24.0 Å². The van der Waals surface area contributed by atoms with Crippen molar-refractivity contribution >= 4 is 47.6 Å². The monoisotopic (exact) mass is 497 g/mol. The summed E-state index contributed by atoms with van der Waals surface area (Å²) in [4.78, 5) is 22.8. The fourth-order valence-electron chi connectivity index (χ4n) is 3.94. The number of guanidine groups is 1. The van der Waals surface area contributed by atoms with Crippen LogP contribution in [0.15, 0.2) is 4.99 Å². The van der Waals surface area contributed by atoms with E-state index in [2.05, 4.69) is 31.9 Å². The number of amides is 1. The minimum atomic E-state index is 0. The summed E-state index contributed by atoms with van der Waals surface area (Å²) in [6, 6.07) is 0. The summed E-state index contributed by atoms with van der Waals surface area (Å²) >= 11 is 2.05. The summed E-state index contributed by atoms with van der Waals surface area (Å²) in [6.45, 7) is 9.56. The second-order valence-electron chi connectivity index (χ2n) is 7.02. The summed E-state index contributed by atoms with van der Waals surface area (Å²) in [6.07, 6.45) is 1.22. The number of aliphatic imine (C=N–C) groups is 1. The van der Waals surface area contributed by atoms with Gasteiger partial charge >= 0.3 is 0 Å². The lowest BCUT2D eigenvalue weighted by Crippen LogP contribution is -2.61. The molecule has 26 heavy (non-hydrogen) atoms. The second-order valence-corrected chi connectivity index (χ2v) is 8.13. The van der Waals surface area contributed by atoms with Gasteiger partial charge in [0.15, 0.2) is 5.96 Å². The van der Waals surface area contributed by atoms with E-state index in [1.807, 2.05) is 11.9 Å². The molecule has 0 radical (unpaired) electrons. The van der Waals surface area contributed by atoms with E-state index in [1.165, 1.54) is 17.9 Å². The van der Waals surface area contributed by atoms with Crippen molar-refractivity contribution in [3.05, 3.63) is 0 Å². The zero-order valence-electron chi connectivity index (χ0n) is 15.9. The van der Waals surface area contributed by atoms with Gasteiger partial charge in [-0.25, -0.2) is 0 Å². The van der Waals surface area contributed by atoms with E-state index in [0.717, 1.165) is 65.0 Å². The molecular formula is C17H32IN5O2S. The molecule has 0 aromatic carbocycles. The van der Waals surface area contributed by atoms with Crippen molar-refractivity contribution in [1.29, 1.82) is 0 Å². The number of rotatable bonds is 3. The van der Waals surface area contributed by atoms with Gasteiger partial charge in [0.25, 0.3) is 0 Å². The first kappa shape index (κ1) is 22.0. The van der Waals surface area contributed by atoms with Crippen LogP contribution in [-0.2, 0) is 9.53 Å². The van der Waals surface area contributed by atoms with Crippen LogP contribution in [0.4, 0.5) is 0 Å². The van der Waals surface area contributed by atoms with E-state index in [0.29, 0.717) is 0 Å². The topological polar surface area (TPSA) is 60.4 Å². The van der Waals surface area contributed by atoms with Crippen LogP contribution < -0.4 is 5.32 Å². The maximum Gasteiger partial charge on any atom is 0.219 e. The number of piperazine rings is 1. The fraction of sp³-hybridized carbons (Fsp3) is 0.882. The number of ether oxygens (including phenoxy) is 1. The Labute approximate surface area is 178 Å². The molecule has 3 aliphatic heterocycles. The van der Waals surface area contributed by atoms with E-state index in [4.69, 9.17) is 4.74 Å². The van der Waals surface area contributed by atoms with Crippen LogP contribution in [0.2, 0.25) is 0 Å². The molecule has 3 aliphatic rings. The van der Waals surface area contributed by atoms with E-state index in [1.54, 1.807) is 6.92 Å². The first-order chi connectivity index (χ1) is 12.1. The molecule has 0 aromatic heterocycles. The van der Waals surface area contributed by atoms with Crippen LogP contribution in [0.5, 0.6) is 0 Å². The maximum absolute atomic E-state index is 11.5. The summed E-state index contributed by atoms with van der Waals surface area (Å²) in [5.74, 6) is 3.54. The lowest BCUT2D eigenvalue weighted by molar-refractivity contribution is -0.130. The molecule has 0 spiro atoms. The van der Waals surface area contributed by atoms with Gasteiger partial charge in [0.2, 0.25) is 5.91 Å². The third kappa shape index (κ3) is 5.17. The third-order valence-corrected chi connectivity index (χ3v) is 6.81. The molecule has 1 unspecified atom stereocenters. The van der Waals surface area contributed by atoms with E-state index in [-0.39, 0.29) is 35.4 Å². The van der Waals surface area contributed by atoms with Gasteiger partial charge in [-0.1, -0.05) is 0 Å². The van der Waals surface area contributed by atoms with E-state index in [9.17, 15) is 4.79 Å². The smallest absolute Gasteiger partial charge is 0.219 e. The number of hydrogen-bond acceptors (Lipinski definition) is 5.